The van der Waals surface area contributed by atoms with Crippen molar-refractivity contribution in [3.8, 4) is 0 Å². The van der Waals surface area contributed by atoms with Crippen molar-refractivity contribution in [1.82, 2.24) is 4.98 Å². The van der Waals surface area contributed by atoms with Gasteiger partial charge >= 0.3 is 0 Å². The molecule has 1 aliphatic carbocycles. The zero-order chi connectivity index (χ0) is 12.6. The molecule has 98 valence electrons. The Morgan fingerprint density at radius 3 is 2.94 bits per heavy atom. The van der Waals surface area contributed by atoms with E-state index in [1.807, 2.05) is 6.07 Å². The molecule has 0 bridgehead atoms. The number of anilines is 2. The van der Waals surface area contributed by atoms with Crippen LogP contribution in [0, 0.1) is 5.92 Å². The second-order valence-electron chi connectivity index (χ2n) is 5.66. The number of hydrogen-bond donors (Lipinski definition) is 2. The molecule has 0 radical (unpaired) electrons. The van der Waals surface area contributed by atoms with Crippen LogP contribution >= 0.6 is 11.6 Å². The first kappa shape index (κ1) is 12.1. The van der Waals surface area contributed by atoms with Crippen molar-refractivity contribution in [2.24, 2.45) is 5.92 Å². The van der Waals surface area contributed by atoms with Crippen molar-refractivity contribution < 1.29 is 0 Å². The summed E-state index contributed by atoms with van der Waals surface area (Å²) < 4.78 is 0. The maximum atomic E-state index is 5.96. The minimum atomic E-state index is 0.208. The van der Waals surface area contributed by atoms with Crippen molar-refractivity contribution in [3.63, 3.8) is 0 Å². The zero-order valence-corrected chi connectivity index (χ0v) is 11.6. The van der Waals surface area contributed by atoms with Gasteiger partial charge in [0.05, 0.1) is 16.2 Å². The highest BCUT2D eigenvalue weighted by Gasteiger charge is 2.37. The maximum absolute atomic E-state index is 5.96. The molecule has 4 heteroatoms. The van der Waals surface area contributed by atoms with E-state index < -0.39 is 0 Å². The van der Waals surface area contributed by atoms with Crippen LogP contribution in [-0.2, 0) is 0 Å². The van der Waals surface area contributed by atoms with Crippen LogP contribution in [0.25, 0.3) is 0 Å². The van der Waals surface area contributed by atoms with E-state index in [4.69, 9.17) is 11.6 Å². The van der Waals surface area contributed by atoms with Gasteiger partial charge in [-0.25, -0.2) is 4.98 Å². The molecule has 1 aromatic rings. The monoisotopic (exact) mass is 265 g/mol. The van der Waals surface area contributed by atoms with Gasteiger partial charge in [0.15, 0.2) is 0 Å². The summed E-state index contributed by atoms with van der Waals surface area (Å²) in [5.74, 6) is 1.87. The van der Waals surface area contributed by atoms with Crippen LogP contribution in [0.3, 0.4) is 0 Å². The summed E-state index contributed by atoms with van der Waals surface area (Å²) in [5.41, 5.74) is 1.24. The number of nitrogens with zero attached hydrogens (tertiary/aromatic N) is 1. The molecule has 2 heterocycles. The van der Waals surface area contributed by atoms with Gasteiger partial charge in [-0.1, -0.05) is 24.9 Å². The van der Waals surface area contributed by atoms with Crippen molar-refractivity contribution in [3.05, 3.63) is 17.3 Å². The SMILES string of the molecule is CCC1CCC2(CC1)CNc1cc(Cl)cnc1N2. The number of fused-ring (bicyclic) bond motifs is 1. The molecule has 1 aliphatic heterocycles. The third kappa shape index (κ3) is 2.16. The minimum absolute atomic E-state index is 0.208. The van der Waals surface area contributed by atoms with Crippen LogP contribution in [0.1, 0.15) is 39.0 Å². The Morgan fingerprint density at radius 1 is 1.44 bits per heavy atom. The number of aromatic nitrogens is 1. The van der Waals surface area contributed by atoms with E-state index in [1.165, 1.54) is 32.1 Å². The van der Waals surface area contributed by atoms with Gasteiger partial charge in [-0.3, -0.25) is 0 Å². The molecule has 1 spiro atoms. The predicted molar refractivity (Wildman–Crippen MR) is 76.3 cm³/mol. The lowest BCUT2D eigenvalue weighted by Gasteiger charge is -2.44. The van der Waals surface area contributed by atoms with E-state index >= 15 is 0 Å². The molecule has 3 nitrogen and oxygen atoms in total. The summed E-state index contributed by atoms with van der Waals surface area (Å²) >= 11 is 5.96. The molecule has 0 aromatic carbocycles. The lowest BCUT2D eigenvalue weighted by molar-refractivity contribution is 0.255. The lowest BCUT2D eigenvalue weighted by atomic mass is 9.75. The number of rotatable bonds is 1. The summed E-state index contributed by atoms with van der Waals surface area (Å²) in [6.45, 7) is 3.28. The number of halogens is 1. The second-order valence-corrected chi connectivity index (χ2v) is 6.10. The minimum Gasteiger partial charge on any atom is -0.380 e. The van der Waals surface area contributed by atoms with E-state index in [0.29, 0.717) is 5.02 Å². The van der Waals surface area contributed by atoms with Crippen molar-refractivity contribution in [1.29, 1.82) is 0 Å². The molecular formula is C14H20ClN3. The average molecular weight is 266 g/mol. The fourth-order valence-electron chi connectivity index (χ4n) is 3.17. The average Bonchev–Trinajstić information content (AvgIpc) is 2.40. The third-order valence-corrected chi connectivity index (χ3v) is 4.70. The first-order valence-electron chi connectivity index (χ1n) is 6.88. The van der Waals surface area contributed by atoms with Gasteiger partial charge in [0.25, 0.3) is 0 Å². The predicted octanol–water partition coefficient (Wildman–Crippen LogP) is 3.91. The summed E-state index contributed by atoms with van der Waals surface area (Å²) in [7, 11) is 0. The molecule has 0 saturated heterocycles. The van der Waals surface area contributed by atoms with Gasteiger partial charge in [-0.15, -0.1) is 0 Å². The van der Waals surface area contributed by atoms with Crippen molar-refractivity contribution in [2.75, 3.05) is 17.2 Å². The fourth-order valence-corrected chi connectivity index (χ4v) is 3.33. The fraction of sp³-hybridized carbons (Fsp3) is 0.643. The summed E-state index contributed by atoms with van der Waals surface area (Å²) in [4.78, 5) is 4.40. The van der Waals surface area contributed by atoms with Gasteiger partial charge in [0, 0.05) is 12.7 Å². The Morgan fingerprint density at radius 2 is 2.22 bits per heavy atom. The normalized spacial score (nSPS) is 30.4. The van der Waals surface area contributed by atoms with Crippen molar-refractivity contribution in [2.45, 2.75) is 44.6 Å². The summed E-state index contributed by atoms with van der Waals surface area (Å²) in [5, 5.41) is 7.83. The van der Waals surface area contributed by atoms with Crippen LogP contribution in [0.5, 0.6) is 0 Å². The Labute approximate surface area is 113 Å². The molecule has 0 unspecified atom stereocenters. The highest BCUT2D eigenvalue weighted by Crippen LogP contribution is 2.40. The number of hydrogen-bond acceptors (Lipinski definition) is 3. The van der Waals surface area contributed by atoms with Crippen LogP contribution in [0.15, 0.2) is 12.3 Å². The Bertz CT molecular complexity index is 439. The van der Waals surface area contributed by atoms with Gasteiger partial charge in [0.2, 0.25) is 0 Å². The highest BCUT2D eigenvalue weighted by atomic mass is 35.5. The van der Waals surface area contributed by atoms with E-state index in [-0.39, 0.29) is 5.54 Å². The highest BCUT2D eigenvalue weighted by molar-refractivity contribution is 6.30. The smallest absolute Gasteiger partial charge is 0.149 e. The van der Waals surface area contributed by atoms with Crippen LogP contribution in [-0.4, -0.2) is 17.1 Å². The van der Waals surface area contributed by atoms with E-state index in [9.17, 15) is 0 Å². The van der Waals surface area contributed by atoms with Gasteiger partial charge < -0.3 is 10.6 Å². The molecule has 2 aliphatic rings. The quantitative estimate of drug-likeness (QED) is 0.808. The second kappa shape index (κ2) is 4.61. The topological polar surface area (TPSA) is 37.0 Å². The van der Waals surface area contributed by atoms with Gasteiger partial charge in [-0.05, 0) is 37.7 Å². The van der Waals surface area contributed by atoms with Gasteiger partial charge in [0.1, 0.15) is 5.82 Å². The Hall–Kier alpha value is -0.960. The summed E-state index contributed by atoms with van der Waals surface area (Å²) in [6.07, 6.45) is 8.16. The van der Waals surface area contributed by atoms with Gasteiger partial charge in [-0.2, -0.15) is 0 Å². The molecule has 1 aromatic heterocycles. The first-order valence-corrected chi connectivity index (χ1v) is 7.26. The van der Waals surface area contributed by atoms with E-state index in [0.717, 1.165) is 24.0 Å². The third-order valence-electron chi connectivity index (χ3n) is 4.49. The Balaban J connectivity index is 1.76. The molecule has 3 rings (SSSR count). The standard InChI is InChI=1S/C14H20ClN3/c1-2-10-3-5-14(6-4-10)9-17-12-7-11(15)8-16-13(12)18-14/h7-8,10,17H,2-6,9H2,1H3,(H,16,18). The summed E-state index contributed by atoms with van der Waals surface area (Å²) in [6, 6.07) is 1.95. The maximum Gasteiger partial charge on any atom is 0.149 e. The van der Waals surface area contributed by atoms with Crippen molar-refractivity contribution >= 4 is 23.1 Å². The van der Waals surface area contributed by atoms with Crippen LogP contribution < -0.4 is 10.6 Å². The van der Waals surface area contributed by atoms with Crippen LogP contribution in [0.2, 0.25) is 5.02 Å². The van der Waals surface area contributed by atoms with E-state index in [1.54, 1.807) is 6.20 Å². The lowest BCUT2D eigenvalue weighted by Crippen LogP contribution is -2.50. The number of pyridine rings is 1. The molecule has 0 atom stereocenters. The molecule has 0 amide bonds. The number of nitrogens with one attached hydrogen (secondary N) is 2. The largest absolute Gasteiger partial charge is 0.380 e. The first-order chi connectivity index (χ1) is 8.71. The molecular weight excluding hydrogens is 246 g/mol. The molecule has 18 heavy (non-hydrogen) atoms. The zero-order valence-electron chi connectivity index (χ0n) is 10.8. The van der Waals surface area contributed by atoms with Crippen LogP contribution in [0.4, 0.5) is 11.5 Å². The molecule has 1 saturated carbocycles. The van der Waals surface area contributed by atoms with E-state index in [2.05, 4.69) is 22.5 Å². The molecule has 2 N–H and O–H groups in total. The Kier molecular flexibility index (Phi) is 3.10. The molecule has 1 fully saturated rings.